The van der Waals surface area contributed by atoms with Crippen LogP contribution in [0.25, 0.3) is 10.9 Å². The van der Waals surface area contributed by atoms with E-state index in [9.17, 15) is 24.3 Å². The van der Waals surface area contributed by atoms with Gasteiger partial charge in [0.05, 0.1) is 6.42 Å². The van der Waals surface area contributed by atoms with Crippen molar-refractivity contribution < 1.29 is 29.0 Å². The summed E-state index contributed by atoms with van der Waals surface area (Å²) in [6, 6.07) is 6.53. The van der Waals surface area contributed by atoms with Crippen LogP contribution < -0.4 is 5.32 Å². The summed E-state index contributed by atoms with van der Waals surface area (Å²) in [6.07, 6.45) is 11.2. The summed E-state index contributed by atoms with van der Waals surface area (Å²) in [6.45, 7) is 4.66. The highest BCUT2D eigenvalue weighted by atomic mass is 16.5. The van der Waals surface area contributed by atoms with Crippen LogP contribution in [0.2, 0.25) is 0 Å². The SMILES string of the molecule is C[C@]12CC[C@@H]3[C@H](CCC4=CC(=O)CC[C@@]43C)[C@H]1CC[C@@H]2OC(=O)CCC(=O)N[C@H](Cc1c[nH]c2ccccc12)C(=O)O. The normalized spacial score (nSPS) is 32.7. The zero-order valence-electron chi connectivity index (χ0n) is 24.6. The maximum Gasteiger partial charge on any atom is 0.326 e. The number of aromatic nitrogens is 1. The molecular weight excluding hydrogens is 532 g/mol. The van der Waals surface area contributed by atoms with E-state index >= 15 is 0 Å². The fourth-order valence-electron chi connectivity index (χ4n) is 9.13. The second kappa shape index (κ2) is 11.0. The number of carboxylic acids is 1. The number of aromatic amines is 1. The van der Waals surface area contributed by atoms with Crippen LogP contribution in [0.3, 0.4) is 0 Å². The maximum absolute atomic E-state index is 12.9. The minimum Gasteiger partial charge on any atom is -0.480 e. The molecule has 224 valence electrons. The van der Waals surface area contributed by atoms with Crippen molar-refractivity contribution in [3.63, 3.8) is 0 Å². The van der Waals surface area contributed by atoms with E-state index in [0.29, 0.717) is 24.2 Å². The number of nitrogens with one attached hydrogen (secondary N) is 2. The predicted octanol–water partition coefficient (Wildman–Crippen LogP) is 5.50. The van der Waals surface area contributed by atoms with Crippen LogP contribution >= 0.6 is 0 Å². The molecule has 3 fully saturated rings. The highest BCUT2D eigenvalue weighted by molar-refractivity contribution is 5.91. The first-order chi connectivity index (χ1) is 20.1. The van der Waals surface area contributed by atoms with Crippen molar-refractivity contribution in [2.24, 2.45) is 28.6 Å². The molecule has 0 saturated heterocycles. The van der Waals surface area contributed by atoms with Crippen molar-refractivity contribution in [1.82, 2.24) is 10.3 Å². The smallest absolute Gasteiger partial charge is 0.326 e. The monoisotopic (exact) mass is 574 g/mol. The van der Waals surface area contributed by atoms with Gasteiger partial charge in [0.1, 0.15) is 12.1 Å². The lowest BCUT2D eigenvalue weighted by atomic mass is 9.47. The van der Waals surface area contributed by atoms with Gasteiger partial charge in [-0.05, 0) is 85.8 Å². The molecule has 8 nitrogen and oxygen atoms in total. The second-order valence-electron chi connectivity index (χ2n) is 13.6. The van der Waals surface area contributed by atoms with Crippen molar-refractivity contribution in [1.29, 1.82) is 0 Å². The van der Waals surface area contributed by atoms with Gasteiger partial charge in [-0.25, -0.2) is 4.79 Å². The first-order valence-corrected chi connectivity index (χ1v) is 15.6. The van der Waals surface area contributed by atoms with E-state index in [2.05, 4.69) is 24.1 Å². The highest BCUT2D eigenvalue weighted by Gasteiger charge is 2.60. The summed E-state index contributed by atoms with van der Waals surface area (Å²) in [5.74, 6) is -0.0533. The Morgan fingerprint density at radius 3 is 2.67 bits per heavy atom. The fraction of sp³-hybridized carbons (Fsp3) is 0.588. The minimum atomic E-state index is -1.12. The van der Waals surface area contributed by atoms with Crippen molar-refractivity contribution in [3.05, 3.63) is 47.7 Å². The molecule has 4 aliphatic rings. The van der Waals surface area contributed by atoms with E-state index < -0.39 is 23.9 Å². The maximum atomic E-state index is 12.9. The molecule has 3 N–H and O–H groups in total. The number of allylic oxidation sites excluding steroid dienone is 1. The Balaban J connectivity index is 1.03. The molecule has 0 spiro atoms. The topological polar surface area (TPSA) is 126 Å². The number of ether oxygens (including phenoxy) is 1. The number of esters is 1. The van der Waals surface area contributed by atoms with Crippen LogP contribution in [-0.2, 0) is 30.3 Å². The number of fused-ring (bicyclic) bond motifs is 6. The van der Waals surface area contributed by atoms with Crippen molar-refractivity contribution in [3.8, 4) is 0 Å². The number of amides is 1. The van der Waals surface area contributed by atoms with E-state index in [4.69, 9.17) is 4.74 Å². The summed E-state index contributed by atoms with van der Waals surface area (Å²) >= 11 is 0. The Hall–Kier alpha value is -3.42. The first-order valence-electron chi connectivity index (χ1n) is 15.6. The number of carbonyl (C=O) groups is 4. The van der Waals surface area contributed by atoms with Crippen LogP contribution in [0.15, 0.2) is 42.1 Å². The molecule has 1 aromatic carbocycles. The van der Waals surface area contributed by atoms with Crippen molar-refractivity contribution in [2.45, 2.75) is 96.6 Å². The van der Waals surface area contributed by atoms with Gasteiger partial charge >= 0.3 is 11.9 Å². The fourth-order valence-corrected chi connectivity index (χ4v) is 9.13. The number of benzene rings is 1. The van der Waals surface area contributed by atoms with Gasteiger partial charge in [0.15, 0.2) is 5.78 Å². The standard InChI is InChI=1S/C34H42N2O6/c1-33-15-13-22(37)18-21(33)7-8-24-25-9-10-29(34(25,2)16-14-26(24)33)42-31(39)12-11-30(38)36-28(32(40)41)17-20-19-35-27-6-4-3-5-23(20)27/h3-6,18-19,24-26,28-29,35H,7-17H2,1-2H3,(H,36,38)(H,40,41)/t24-,25-,26-,28-,29+,33+,34+/m1/s1. The van der Waals surface area contributed by atoms with Crippen LogP contribution in [0.5, 0.6) is 0 Å². The molecule has 0 aliphatic heterocycles. The lowest BCUT2D eigenvalue weighted by Gasteiger charge is -2.57. The third-order valence-corrected chi connectivity index (χ3v) is 11.4. The third kappa shape index (κ3) is 5.07. The Morgan fingerprint density at radius 1 is 1.05 bits per heavy atom. The van der Waals surface area contributed by atoms with Crippen molar-refractivity contribution >= 4 is 34.5 Å². The van der Waals surface area contributed by atoms with Gasteiger partial charge in [-0.1, -0.05) is 37.6 Å². The quantitative estimate of drug-likeness (QED) is 0.357. The summed E-state index contributed by atoms with van der Waals surface area (Å²) in [7, 11) is 0. The lowest BCUT2D eigenvalue weighted by molar-refractivity contribution is -0.160. The highest BCUT2D eigenvalue weighted by Crippen LogP contribution is 2.65. The van der Waals surface area contributed by atoms with E-state index in [1.165, 1.54) is 5.57 Å². The average Bonchev–Trinajstić information content (AvgIpc) is 3.52. The van der Waals surface area contributed by atoms with E-state index in [1.807, 2.05) is 30.3 Å². The second-order valence-corrected chi connectivity index (χ2v) is 13.6. The summed E-state index contributed by atoms with van der Waals surface area (Å²) in [5.41, 5.74) is 3.12. The van der Waals surface area contributed by atoms with Gasteiger partial charge in [0, 0.05) is 41.8 Å². The molecule has 0 bridgehead atoms. The zero-order valence-corrected chi connectivity index (χ0v) is 24.6. The summed E-state index contributed by atoms with van der Waals surface area (Å²) in [4.78, 5) is 52.8. The molecule has 1 amide bonds. The van der Waals surface area contributed by atoms with Crippen molar-refractivity contribution in [2.75, 3.05) is 0 Å². The first kappa shape index (κ1) is 28.7. The zero-order chi connectivity index (χ0) is 29.6. The molecule has 8 heteroatoms. The Kier molecular flexibility index (Phi) is 7.52. The van der Waals surface area contributed by atoms with E-state index in [-0.39, 0.29) is 42.0 Å². The average molecular weight is 575 g/mol. The Labute approximate surface area is 246 Å². The van der Waals surface area contributed by atoms with Gasteiger partial charge in [0.25, 0.3) is 0 Å². The Bertz CT molecular complexity index is 1440. The van der Waals surface area contributed by atoms with Gasteiger partial charge < -0.3 is 20.1 Å². The largest absolute Gasteiger partial charge is 0.480 e. The molecule has 4 aliphatic carbocycles. The molecule has 6 rings (SSSR count). The number of para-hydroxylation sites is 1. The molecule has 0 unspecified atom stereocenters. The molecule has 0 radical (unpaired) electrons. The molecule has 1 aromatic heterocycles. The van der Waals surface area contributed by atoms with Gasteiger partial charge in [-0.3, -0.25) is 14.4 Å². The number of aliphatic carboxylic acids is 1. The number of rotatable bonds is 8. The molecule has 7 atom stereocenters. The number of H-pyrrole nitrogens is 1. The van der Waals surface area contributed by atoms with Gasteiger partial charge in [-0.15, -0.1) is 0 Å². The van der Waals surface area contributed by atoms with Crippen LogP contribution in [0, 0.1) is 28.6 Å². The number of hydrogen-bond acceptors (Lipinski definition) is 5. The van der Waals surface area contributed by atoms with E-state index in [0.717, 1.165) is 61.4 Å². The minimum absolute atomic E-state index is 0.0745. The molecular formula is C34H42N2O6. The van der Waals surface area contributed by atoms with Crippen LogP contribution in [0.1, 0.15) is 83.6 Å². The number of ketones is 1. The summed E-state index contributed by atoms with van der Waals surface area (Å²) < 4.78 is 6.05. The van der Waals surface area contributed by atoms with Gasteiger partial charge in [-0.2, -0.15) is 0 Å². The number of hydrogen-bond donors (Lipinski definition) is 3. The predicted molar refractivity (Wildman–Crippen MR) is 157 cm³/mol. The molecule has 3 saturated carbocycles. The van der Waals surface area contributed by atoms with Crippen LogP contribution in [0.4, 0.5) is 0 Å². The van der Waals surface area contributed by atoms with Crippen LogP contribution in [-0.4, -0.2) is 45.9 Å². The van der Waals surface area contributed by atoms with E-state index in [1.54, 1.807) is 6.20 Å². The summed E-state index contributed by atoms with van der Waals surface area (Å²) in [5, 5.41) is 13.3. The Morgan fingerprint density at radius 2 is 1.86 bits per heavy atom. The third-order valence-electron chi connectivity index (χ3n) is 11.4. The molecule has 42 heavy (non-hydrogen) atoms. The van der Waals surface area contributed by atoms with Gasteiger partial charge in [0.2, 0.25) is 5.91 Å². The number of carboxylic acid groups (broad SMARTS) is 1. The number of carbonyl (C=O) groups excluding carboxylic acids is 3. The molecule has 1 heterocycles. The molecule has 2 aromatic rings. The lowest BCUT2D eigenvalue weighted by Crippen LogP contribution is -2.51.